The summed E-state index contributed by atoms with van der Waals surface area (Å²) >= 11 is 0. The summed E-state index contributed by atoms with van der Waals surface area (Å²) in [6, 6.07) is 11.2. The minimum atomic E-state index is -0.732. The van der Waals surface area contributed by atoms with Crippen molar-refractivity contribution in [2.24, 2.45) is 0 Å². The minimum Gasteiger partial charge on any atom is -0.493 e. The maximum Gasteiger partial charge on any atom is 0.337 e. The predicted octanol–water partition coefficient (Wildman–Crippen LogP) is 2.82. The summed E-state index contributed by atoms with van der Waals surface area (Å²) in [5, 5.41) is 8.04. The maximum atomic E-state index is 12.3. The fourth-order valence-corrected chi connectivity index (χ4v) is 3.28. The number of nitrogens with one attached hydrogen (secondary N) is 3. The number of esters is 1. The number of rotatable bonds is 7. The Bertz CT molecular complexity index is 1060. The van der Waals surface area contributed by atoms with Crippen LogP contribution in [0.15, 0.2) is 53.7 Å². The van der Waals surface area contributed by atoms with Crippen LogP contribution in [-0.4, -0.2) is 38.7 Å². The van der Waals surface area contributed by atoms with E-state index in [9.17, 15) is 14.4 Å². The fraction of sp³-hybridized carbons (Fsp3) is 0.261. The summed E-state index contributed by atoms with van der Waals surface area (Å²) in [6.07, 6.45) is 0. The Morgan fingerprint density at radius 3 is 2.41 bits per heavy atom. The number of allylic oxidation sites excluding steroid dienone is 1. The molecule has 1 heterocycles. The lowest BCUT2D eigenvalue weighted by Crippen LogP contribution is -2.45. The topological polar surface area (TPSA) is 115 Å². The van der Waals surface area contributed by atoms with Gasteiger partial charge in [-0.05, 0) is 43.7 Å². The van der Waals surface area contributed by atoms with Crippen LogP contribution < -0.4 is 25.4 Å². The van der Waals surface area contributed by atoms with Crippen molar-refractivity contribution in [1.29, 1.82) is 0 Å². The number of ether oxygens (including phenoxy) is 3. The zero-order chi connectivity index (χ0) is 23.3. The normalized spacial score (nSPS) is 15.4. The molecule has 3 rings (SSSR count). The Morgan fingerprint density at radius 2 is 1.75 bits per heavy atom. The van der Waals surface area contributed by atoms with E-state index < -0.39 is 18.0 Å². The van der Waals surface area contributed by atoms with Gasteiger partial charge in [-0.15, -0.1) is 0 Å². The highest BCUT2D eigenvalue weighted by atomic mass is 16.5. The minimum absolute atomic E-state index is 0.222. The Hall–Kier alpha value is -4.01. The third-order valence-electron chi connectivity index (χ3n) is 4.89. The van der Waals surface area contributed by atoms with Crippen molar-refractivity contribution in [2.75, 3.05) is 26.1 Å². The van der Waals surface area contributed by atoms with Gasteiger partial charge in [0, 0.05) is 11.4 Å². The second-order valence-corrected chi connectivity index (χ2v) is 7.17. The summed E-state index contributed by atoms with van der Waals surface area (Å²) in [5.74, 6) is -0.194. The highest BCUT2D eigenvalue weighted by Gasteiger charge is 2.32. The average Bonchev–Trinajstić information content (AvgIpc) is 2.78. The van der Waals surface area contributed by atoms with Crippen LogP contribution in [0.25, 0.3) is 0 Å². The Balaban J connectivity index is 1.76. The molecule has 0 saturated carbocycles. The number of anilines is 1. The van der Waals surface area contributed by atoms with Gasteiger partial charge in [0.15, 0.2) is 18.1 Å². The first-order chi connectivity index (χ1) is 15.3. The van der Waals surface area contributed by atoms with Gasteiger partial charge in [-0.3, -0.25) is 4.79 Å². The maximum absolute atomic E-state index is 12.3. The second-order valence-electron chi connectivity index (χ2n) is 7.17. The van der Waals surface area contributed by atoms with Crippen LogP contribution >= 0.6 is 0 Å². The first kappa shape index (κ1) is 22.7. The lowest BCUT2D eigenvalue weighted by atomic mass is 9.95. The van der Waals surface area contributed by atoms with Gasteiger partial charge in [0.05, 0.1) is 25.8 Å². The molecule has 0 saturated heterocycles. The molecule has 2 aromatic carbocycles. The Morgan fingerprint density at radius 1 is 1.03 bits per heavy atom. The van der Waals surface area contributed by atoms with E-state index in [0.29, 0.717) is 28.4 Å². The molecule has 2 aromatic rings. The van der Waals surface area contributed by atoms with E-state index >= 15 is 0 Å². The van der Waals surface area contributed by atoms with Crippen LogP contribution in [0.2, 0.25) is 0 Å². The van der Waals surface area contributed by atoms with Gasteiger partial charge >= 0.3 is 12.0 Å². The molecule has 0 bridgehead atoms. The third-order valence-corrected chi connectivity index (χ3v) is 4.89. The number of aryl methyl sites for hydroxylation is 1. The zero-order valence-corrected chi connectivity index (χ0v) is 18.3. The van der Waals surface area contributed by atoms with Crippen molar-refractivity contribution in [2.45, 2.75) is 19.9 Å². The first-order valence-electron chi connectivity index (χ1n) is 9.86. The van der Waals surface area contributed by atoms with E-state index in [2.05, 4.69) is 16.0 Å². The average molecular weight is 439 g/mol. The van der Waals surface area contributed by atoms with E-state index in [1.165, 1.54) is 14.2 Å². The van der Waals surface area contributed by atoms with Gasteiger partial charge in [0.1, 0.15) is 0 Å². The van der Waals surface area contributed by atoms with Gasteiger partial charge in [-0.25, -0.2) is 9.59 Å². The van der Waals surface area contributed by atoms with Crippen molar-refractivity contribution in [3.05, 3.63) is 64.9 Å². The number of amides is 3. The molecular formula is C23H25N3O6. The molecule has 0 radical (unpaired) electrons. The molecule has 3 N–H and O–H groups in total. The number of carbonyl (C=O) groups excluding carboxylic acids is 3. The van der Waals surface area contributed by atoms with Gasteiger partial charge in [0.25, 0.3) is 5.91 Å². The SMILES string of the molecule is COC(=O)C1=C(C)NC(=O)NC1c1ccc(OCC(=O)Nc2ccc(C)cc2)c(OC)c1. The molecule has 0 aromatic heterocycles. The van der Waals surface area contributed by atoms with E-state index in [0.717, 1.165) is 5.56 Å². The summed E-state index contributed by atoms with van der Waals surface area (Å²) in [7, 11) is 2.73. The molecule has 1 unspecified atom stereocenters. The molecule has 3 amide bonds. The van der Waals surface area contributed by atoms with Gasteiger partial charge in [-0.1, -0.05) is 23.8 Å². The summed E-state index contributed by atoms with van der Waals surface area (Å²) in [4.78, 5) is 36.5. The van der Waals surface area contributed by atoms with Crippen LogP contribution in [0.4, 0.5) is 10.5 Å². The van der Waals surface area contributed by atoms with Crippen molar-refractivity contribution in [1.82, 2.24) is 10.6 Å². The number of benzene rings is 2. The van der Waals surface area contributed by atoms with E-state index in [1.807, 2.05) is 31.2 Å². The van der Waals surface area contributed by atoms with Crippen LogP contribution in [0.1, 0.15) is 24.1 Å². The van der Waals surface area contributed by atoms with Gasteiger partial charge < -0.3 is 30.2 Å². The molecule has 1 aliphatic heterocycles. The highest BCUT2D eigenvalue weighted by Crippen LogP contribution is 2.34. The smallest absolute Gasteiger partial charge is 0.337 e. The molecular weight excluding hydrogens is 414 g/mol. The van der Waals surface area contributed by atoms with E-state index in [4.69, 9.17) is 14.2 Å². The number of carbonyl (C=O) groups is 3. The molecule has 9 heteroatoms. The summed E-state index contributed by atoms with van der Waals surface area (Å²) in [6.45, 7) is 3.37. The molecule has 0 aliphatic carbocycles. The highest BCUT2D eigenvalue weighted by molar-refractivity contribution is 5.95. The quantitative estimate of drug-likeness (QED) is 0.572. The summed E-state index contributed by atoms with van der Waals surface area (Å²) in [5.41, 5.74) is 3.03. The lowest BCUT2D eigenvalue weighted by Gasteiger charge is -2.28. The van der Waals surface area contributed by atoms with Crippen LogP contribution in [0, 0.1) is 6.92 Å². The van der Waals surface area contributed by atoms with E-state index in [1.54, 1.807) is 25.1 Å². The molecule has 1 atom stereocenters. The van der Waals surface area contributed by atoms with Crippen molar-refractivity contribution in [3.63, 3.8) is 0 Å². The molecule has 0 fully saturated rings. The van der Waals surface area contributed by atoms with Crippen molar-refractivity contribution in [3.8, 4) is 11.5 Å². The predicted molar refractivity (Wildman–Crippen MR) is 117 cm³/mol. The Kier molecular flexibility index (Phi) is 6.99. The standard InChI is InChI=1S/C23H25N3O6/c1-13-5-8-16(9-6-13)25-19(27)12-32-17-10-7-15(11-18(17)30-3)21-20(22(28)31-4)14(2)24-23(29)26-21/h5-11,21H,12H2,1-4H3,(H,25,27)(H2,24,26,29). The number of methoxy groups -OCH3 is 2. The van der Waals surface area contributed by atoms with E-state index in [-0.39, 0.29) is 18.1 Å². The van der Waals surface area contributed by atoms with Crippen LogP contribution in [0.3, 0.4) is 0 Å². The zero-order valence-electron chi connectivity index (χ0n) is 18.3. The lowest BCUT2D eigenvalue weighted by molar-refractivity contribution is -0.136. The molecule has 9 nitrogen and oxygen atoms in total. The molecule has 0 spiro atoms. The second kappa shape index (κ2) is 9.86. The van der Waals surface area contributed by atoms with Gasteiger partial charge in [0.2, 0.25) is 0 Å². The van der Waals surface area contributed by atoms with Gasteiger partial charge in [-0.2, -0.15) is 0 Å². The van der Waals surface area contributed by atoms with Crippen LogP contribution in [0.5, 0.6) is 11.5 Å². The summed E-state index contributed by atoms with van der Waals surface area (Å²) < 4.78 is 15.9. The van der Waals surface area contributed by atoms with Crippen molar-refractivity contribution < 1.29 is 28.6 Å². The molecule has 1 aliphatic rings. The fourth-order valence-electron chi connectivity index (χ4n) is 3.28. The van der Waals surface area contributed by atoms with Crippen LogP contribution in [-0.2, 0) is 14.3 Å². The van der Waals surface area contributed by atoms with Crippen molar-refractivity contribution >= 4 is 23.6 Å². The Labute approximate surface area is 185 Å². The first-order valence-corrected chi connectivity index (χ1v) is 9.86. The largest absolute Gasteiger partial charge is 0.493 e. The monoisotopic (exact) mass is 439 g/mol. The number of hydrogen-bond acceptors (Lipinski definition) is 6. The number of urea groups is 1. The molecule has 168 valence electrons. The third kappa shape index (κ3) is 5.18. The number of hydrogen-bond donors (Lipinski definition) is 3. The molecule has 32 heavy (non-hydrogen) atoms.